The lowest BCUT2D eigenvalue weighted by atomic mass is 9.82. The molecule has 1 N–H and O–H groups in total. The van der Waals surface area contributed by atoms with E-state index in [4.69, 9.17) is 9.84 Å². The molecule has 1 aromatic carbocycles. The van der Waals surface area contributed by atoms with Gasteiger partial charge in [0.15, 0.2) is 0 Å². The monoisotopic (exact) mass is 204 g/mol. The number of methoxy groups -OCH3 is 1. The fourth-order valence-corrected chi connectivity index (χ4v) is 1.72. The Kier molecular flexibility index (Phi) is 2.46. The molecular formula is C12H12O3. The minimum absolute atomic E-state index is 0.0893. The van der Waals surface area contributed by atoms with E-state index < -0.39 is 5.97 Å². The van der Waals surface area contributed by atoms with E-state index in [1.54, 1.807) is 13.2 Å². The lowest BCUT2D eigenvalue weighted by molar-refractivity contribution is -0.135. The largest absolute Gasteiger partial charge is 0.497 e. The average molecular weight is 204 g/mol. The van der Waals surface area contributed by atoms with Crippen molar-refractivity contribution < 1.29 is 14.6 Å². The van der Waals surface area contributed by atoms with Crippen LogP contribution in [0, 0.1) is 0 Å². The van der Waals surface area contributed by atoms with E-state index in [1.165, 1.54) is 5.56 Å². The molecule has 0 aromatic heterocycles. The Morgan fingerprint density at radius 2 is 2.40 bits per heavy atom. The lowest BCUT2D eigenvalue weighted by Crippen LogP contribution is -2.08. The van der Waals surface area contributed by atoms with Crippen LogP contribution in [0.25, 0.3) is 5.57 Å². The van der Waals surface area contributed by atoms with Gasteiger partial charge in [0.05, 0.1) is 13.5 Å². The topological polar surface area (TPSA) is 46.5 Å². The average Bonchev–Trinajstić information content (AvgIpc) is 2.19. The van der Waals surface area contributed by atoms with Gasteiger partial charge in [-0.25, -0.2) is 0 Å². The molecule has 0 saturated heterocycles. The molecule has 1 aliphatic carbocycles. The first-order valence-electron chi connectivity index (χ1n) is 4.79. The van der Waals surface area contributed by atoms with Gasteiger partial charge in [0.2, 0.25) is 0 Å². The second-order valence-corrected chi connectivity index (χ2v) is 3.53. The summed E-state index contributed by atoms with van der Waals surface area (Å²) >= 11 is 0. The SMILES string of the molecule is COc1ccc2c(c1)C(=CCC(=O)O)C2. The zero-order valence-electron chi connectivity index (χ0n) is 8.49. The molecule has 0 spiro atoms. The lowest BCUT2D eigenvalue weighted by Gasteiger charge is -2.23. The molecule has 0 amide bonds. The summed E-state index contributed by atoms with van der Waals surface area (Å²) in [6, 6.07) is 5.89. The molecule has 3 nitrogen and oxygen atoms in total. The van der Waals surface area contributed by atoms with Gasteiger partial charge >= 0.3 is 5.97 Å². The predicted molar refractivity (Wildman–Crippen MR) is 56.9 cm³/mol. The summed E-state index contributed by atoms with van der Waals surface area (Å²) in [5, 5.41) is 8.56. The maximum Gasteiger partial charge on any atom is 0.307 e. The number of hydrogen-bond donors (Lipinski definition) is 1. The van der Waals surface area contributed by atoms with E-state index in [1.807, 2.05) is 18.2 Å². The fraction of sp³-hybridized carbons (Fsp3) is 0.250. The maximum absolute atomic E-state index is 10.4. The summed E-state index contributed by atoms with van der Waals surface area (Å²) in [7, 11) is 1.63. The highest BCUT2D eigenvalue weighted by Crippen LogP contribution is 2.36. The van der Waals surface area contributed by atoms with Crippen molar-refractivity contribution >= 4 is 11.5 Å². The number of carboxylic acid groups (broad SMARTS) is 1. The molecule has 0 radical (unpaired) electrons. The van der Waals surface area contributed by atoms with Crippen molar-refractivity contribution in [3.8, 4) is 5.75 Å². The van der Waals surface area contributed by atoms with Crippen LogP contribution >= 0.6 is 0 Å². The van der Waals surface area contributed by atoms with E-state index in [9.17, 15) is 4.79 Å². The molecule has 0 bridgehead atoms. The number of rotatable bonds is 3. The summed E-state index contributed by atoms with van der Waals surface area (Å²) in [6.07, 6.45) is 2.72. The minimum atomic E-state index is -0.793. The van der Waals surface area contributed by atoms with Gasteiger partial charge in [0, 0.05) is 0 Å². The van der Waals surface area contributed by atoms with Crippen molar-refractivity contribution in [3.63, 3.8) is 0 Å². The molecular weight excluding hydrogens is 192 g/mol. The molecule has 0 unspecified atom stereocenters. The number of fused-ring (bicyclic) bond motifs is 1. The molecule has 78 valence electrons. The van der Waals surface area contributed by atoms with Crippen molar-refractivity contribution in [1.82, 2.24) is 0 Å². The van der Waals surface area contributed by atoms with E-state index in [0.29, 0.717) is 0 Å². The first kappa shape index (κ1) is 9.77. The van der Waals surface area contributed by atoms with Crippen LogP contribution in [0.5, 0.6) is 5.75 Å². The van der Waals surface area contributed by atoms with Gasteiger partial charge in [-0.15, -0.1) is 0 Å². The van der Waals surface area contributed by atoms with E-state index >= 15 is 0 Å². The number of carboxylic acids is 1. The molecule has 2 rings (SSSR count). The Bertz CT molecular complexity index is 432. The third-order valence-corrected chi connectivity index (χ3v) is 2.57. The molecule has 0 heterocycles. The van der Waals surface area contributed by atoms with E-state index in [-0.39, 0.29) is 6.42 Å². The van der Waals surface area contributed by atoms with Gasteiger partial charge in [0.25, 0.3) is 0 Å². The number of carbonyl (C=O) groups is 1. The molecule has 0 aliphatic heterocycles. The van der Waals surface area contributed by atoms with Gasteiger partial charge in [0.1, 0.15) is 5.75 Å². The van der Waals surface area contributed by atoms with Crippen LogP contribution in [0.2, 0.25) is 0 Å². The Hall–Kier alpha value is -1.77. The van der Waals surface area contributed by atoms with Crippen molar-refractivity contribution in [3.05, 3.63) is 35.4 Å². The van der Waals surface area contributed by atoms with Crippen molar-refractivity contribution in [1.29, 1.82) is 0 Å². The van der Waals surface area contributed by atoms with Crippen LogP contribution < -0.4 is 4.74 Å². The van der Waals surface area contributed by atoms with Crippen molar-refractivity contribution in [2.24, 2.45) is 0 Å². The molecule has 3 heteroatoms. The smallest absolute Gasteiger partial charge is 0.307 e. The van der Waals surface area contributed by atoms with Crippen LogP contribution in [-0.2, 0) is 11.2 Å². The van der Waals surface area contributed by atoms with Crippen LogP contribution in [-0.4, -0.2) is 18.2 Å². The first-order chi connectivity index (χ1) is 7.20. The second kappa shape index (κ2) is 3.77. The van der Waals surface area contributed by atoms with E-state index in [0.717, 1.165) is 23.3 Å². The van der Waals surface area contributed by atoms with Crippen LogP contribution in [0.15, 0.2) is 24.3 Å². The predicted octanol–water partition coefficient (Wildman–Crippen LogP) is 2.11. The quantitative estimate of drug-likeness (QED) is 0.820. The van der Waals surface area contributed by atoms with Crippen molar-refractivity contribution in [2.75, 3.05) is 7.11 Å². The molecule has 15 heavy (non-hydrogen) atoms. The number of aliphatic carboxylic acids is 1. The maximum atomic E-state index is 10.4. The highest BCUT2D eigenvalue weighted by molar-refractivity contribution is 5.82. The van der Waals surface area contributed by atoms with Crippen molar-refractivity contribution in [2.45, 2.75) is 12.8 Å². The first-order valence-corrected chi connectivity index (χ1v) is 4.79. The highest BCUT2D eigenvalue weighted by Gasteiger charge is 2.19. The Balaban J connectivity index is 2.21. The summed E-state index contributed by atoms with van der Waals surface area (Å²) in [5.74, 6) is 0.0218. The summed E-state index contributed by atoms with van der Waals surface area (Å²) < 4.78 is 5.11. The molecule has 0 fully saturated rings. The van der Waals surface area contributed by atoms with E-state index in [2.05, 4.69) is 0 Å². The van der Waals surface area contributed by atoms with Gasteiger partial charge in [-0.05, 0) is 35.3 Å². The normalized spacial score (nSPS) is 15.7. The highest BCUT2D eigenvalue weighted by atomic mass is 16.5. The number of hydrogen-bond acceptors (Lipinski definition) is 2. The van der Waals surface area contributed by atoms with Gasteiger partial charge in [-0.3, -0.25) is 4.79 Å². The molecule has 0 atom stereocenters. The van der Waals surface area contributed by atoms with Crippen LogP contribution in [0.4, 0.5) is 0 Å². The fourth-order valence-electron chi connectivity index (χ4n) is 1.72. The zero-order chi connectivity index (χ0) is 10.8. The summed E-state index contributed by atoms with van der Waals surface area (Å²) in [6.45, 7) is 0. The summed E-state index contributed by atoms with van der Waals surface area (Å²) in [4.78, 5) is 10.4. The Morgan fingerprint density at radius 3 is 3.07 bits per heavy atom. The Morgan fingerprint density at radius 1 is 1.60 bits per heavy atom. The number of allylic oxidation sites excluding steroid dienone is 1. The molecule has 1 aliphatic rings. The van der Waals surface area contributed by atoms with Crippen LogP contribution in [0.1, 0.15) is 17.5 Å². The van der Waals surface area contributed by atoms with Gasteiger partial charge in [-0.2, -0.15) is 0 Å². The van der Waals surface area contributed by atoms with Gasteiger partial charge in [-0.1, -0.05) is 12.1 Å². The molecule has 1 aromatic rings. The number of ether oxygens (including phenoxy) is 1. The third-order valence-electron chi connectivity index (χ3n) is 2.57. The second-order valence-electron chi connectivity index (χ2n) is 3.53. The van der Waals surface area contributed by atoms with Crippen LogP contribution in [0.3, 0.4) is 0 Å². The minimum Gasteiger partial charge on any atom is -0.497 e. The van der Waals surface area contributed by atoms with Gasteiger partial charge < -0.3 is 9.84 Å². The molecule has 0 saturated carbocycles. The number of benzene rings is 1. The summed E-state index contributed by atoms with van der Waals surface area (Å²) in [5.41, 5.74) is 3.48. The zero-order valence-corrected chi connectivity index (χ0v) is 8.49. The standard InChI is InChI=1S/C12H12O3/c1-15-10-4-2-8-6-9(11(8)7-10)3-5-12(13)14/h2-4,7H,5-6H2,1H3,(H,13,14). The third kappa shape index (κ3) is 1.86. The Labute approximate surface area is 88.0 Å².